The van der Waals surface area contributed by atoms with E-state index in [0.29, 0.717) is 13.0 Å². The van der Waals surface area contributed by atoms with E-state index in [1.807, 2.05) is 0 Å². The zero-order valence-corrected chi connectivity index (χ0v) is 18.9. The van der Waals surface area contributed by atoms with E-state index in [-0.39, 0.29) is 5.57 Å². The van der Waals surface area contributed by atoms with Crippen LogP contribution in [0.2, 0.25) is 0 Å². The number of carboxylic acids is 1. The Balaban J connectivity index is 3.14. The average Bonchev–Trinajstić information content (AvgIpc) is 2.71. The summed E-state index contributed by atoms with van der Waals surface area (Å²) in [4.78, 5) is 10.7. The lowest BCUT2D eigenvalue weighted by atomic mass is 10.0. The molecule has 0 bridgehead atoms. The maximum absolute atomic E-state index is 10.7. The molecule has 1 atom stereocenters. The summed E-state index contributed by atoms with van der Waals surface area (Å²) in [6.07, 6.45) is 23.8. The summed E-state index contributed by atoms with van der Waals surface area (Å²) in [7, 11) is 0. The molecular weight excluding hydrogens is 364 g/mol. The van der Waals surface area contributed by atoms with E-state index in [0.717, 1.165) is 19.3 Å². The molecular formula is C25H48O4. The predicted octanol–water partition coefficient (Wildman–Crippen LogP) is 6.78. The minimum Gasteiger partial charge on any atom is -0.478 e. The highest BCUT2D eigenvalue weighted by Crippen LogP contribution is 2.15. The van der Waals surface area contributed by atoms with E-state index in [1.54, 1.807) is 0 Å². The number of carboxylic acid groups (broad SMARTS) is 1. The van der Waals surface area contributed by atoms with Crippen LogP contribution < -0.4 is 0 Å². The highest BCUT2D eigenvalue weighted by Gasteiger charge is 2.14. The molecule has 0 aliphatic carbocycles. The second-order valence-corrected chi connectivity index (χ2v) is 8.58. The van der Waals surface area contributed by atoms with Gasteiger partial charge in [-0.25, -0.2) is 4.79 Å². The predicted molar refractivity (Wildman–Crippen MR) is 122 cm³/mol. The number of hydrogen-bond donors (Lipinski definition) is 3. The molecule has 0 aromatic carbocycles. The highest BCUT2D eigenvalue weighted by molar-refractivity contribution is 5.86. The van der Waals surface area contributed by atoms with E-state index in [1.165, 1.54) is 103 Å². The number of aliphatic carboxylic acids is 1. The van der Waals surface area contributed by atoms with Gasteiger partial charge in [-0.05, 0) is 12.8 Å². The van der Waals surface area contributed by atoms with Gasteiger partial charge in [-0.1, -0.05) is 122 Å². The maximum atomic E-state index is 10.7. The maximum Gasteiger partial charge on any atom is 0.333 e. The van der Waals surface area contributed by atoms with E-state index in [4.69, 9.17) is 10.2 Å². The standard InChI is InChI=1S/C25H48O4/c1-23(25(28)29)24(27)21-19-17-15-13-11-9-7-5-3-2-4-6-8-10-12-14-16-18-20-22-26/h24,26-27H,1-22H2,(H,28,29). The van der Waals surface area contributed by atoms with Crippen LogP contribution in [-0.4, -0.2) is 34.0 Å². The third-order valence-corrected chi connectivity index (χ3v) is 5.81. The number of aliphatic hydroxyl groups excluding tert-OH is 2. The molecule has 0 amide bonds. The molecule has 0 aliphatic heterocycles. The van der Waals surface area contributed by atoms with Gasteiger partial charge in [0.15, 0.2) is 0 Å². The van der Waals surface area contributed by atoms with Gasteiger partial charge in [0.25, 0.3) is 0 Å². The molecule has 172 valence electrons. The molecule has 0 saturated carbocycles. The van der Waals surface area contributed by atoms with Crippen molar-refractivity contribution in [2.45, 2.75) is 135 Å². The summed E-state index contributed by atoms with van der Waals surface area (Å²) < 4.78 is 0. The Bertz CT molecular complexity index is 381. The second-order valence-electron chi connectivity index (χ2n) is 8.58. The smallest absolute Gasteiger partial charge is 0.333 e. The fraction of sp³-hybridized carbons (Fsp3) is 0.880. The molecule has 29 heavy (non-hydrogen) atoms. The fourth-order valence-electron chi connectivity index (χ4n) is 3.77. The molecule has 0 fully saturated rings. The van der Waals surface area contributed by atoms with Crippen molar-refractivity contribution in [1.29, 1.82) is 0 Å². The Morgan fingerprint density at radius 3 is 1.14 bits per heavy atom. The molecule has 0 aromatic rings. The highest BCUT2D eigenvalue weighted by atomic mass is 16.4. The Hall–Kier alpha value is -0.870. The lowest BCUT2D eigenvalue weighted by Crippen LogP contribution is -2.16. The van der Waals surface area contributed by atoms with Gasteiger partial charge in [0, 0.05) is 6.61 Å². The Morgan fingerprint density at radius 2 is 0.862 bits per heavy atom. The first-order chi connectivity index (χ1) is 14.1. The van der Waals surface area contributed by atoms with Crippen LogP contribution in [0.15, 0.2) is 12.2 Å². The van der Waals surface area contributed by atoms with E-state index >= 15 is 0 Å². The van der Waals surface area contributed by atoms with Crippen molar-refractivity contribution >= 4 is 5.97 Å². The van der Waals surface area contributed by atoms with Crippen molar-refractivity contribution in [2.75, 3.05) is 6.61 Å². The quantitative estimate of drug-likeness (QED) is 0.128. The largest absolute Gasteiger partial charge is 0.478 e. The summed E-state index contributed by atoms with van der Waals surface area (Å²) in [5.41, 5.74) is -0.0877. The molecule has 0 saturated heterocycles. The van der Waals surface area contributed by atoms with Crippen molar-refractivity contribution in [3.8, 4) is 0 Å². The number of carbonyl (C=O) groups is 1. The zero-order chi connectivity index (χ0) is 21.6. The van der Waals surface area contributed by atoms with Crippen LogP contribution in [0.1, 0.15) is 128 Å². The van der Waals surface area contributed by atoms with Crippen LogP contribution >= 0.6 is 0 Å². The van der Waals surface area contributed by atoms with Gasteiger partial charge in [0.05, 0.1) is 11.7 Å². The topological polar surface area (TPSA) is 77.8 Å². The van der Waals surface area contributed by atoms with Crippen molar-refractivity contribution < 1.29 is 20.1 Å². The molecule has 0 aliphatic rings. The average molecular weight is 413 g/mol. The molecule has 0 heterocycles. The first-order valence-electron chi connectivity index (χ1n) is 12.3. The van der Waals surface area contributed by atoms with Crippen LogP contribution in [0.25, 0.3) is 0 Å². The number of hydrogen-bond acceptors (Lipinski definition) is 3. The minimum absolute atomic E-state index is 0.0877. The van der Waals surface area contributed by atoms with Crippen molar-refractivity contribution in [2.24, 2.45) is 0 Å². The molecule has 4 nitrogen and oxygen atoms in total. The third-order valence-electron chi connectivity index (χ3n) is 5.81. The lowest BCUT2D eigenvalue weighted by molar-refractivity contribution is -0.133. The van der Waals surface area contributed by atoms with E-state index in [9.17, 15) is 9.90 Å². The first-order valence-corrected chi connectivity index (χ1v) is 12.3. The summed E-state index contributed by atoms with van der Waals surface area (Å²) in [5, 5.41) is 27.1. The van der Waals surface area contributed by atoms with Crippen LogP contribution in [0, 0.1) is 0 Å². The molecule has 4 heteroatoms. The number of unbranched alkanes of at least 4 members (excludes halogenated alkanes) is 18. The normalized spacial score (nSPS) is 12.2. The summed E-state index contributed by atoms with van der Waals surface area (Å²) >= 11 is 0. The van der Waals surface area contributed by atoms with Gasteiger partial charge < -0.3 is 15.3 Å². The van der Waals surface area contributed by atoms with E-state index in [2.05, 4.69) is 6.58 Å². The van der Waals surface area contributed by atoms with Gasteiger partial charge in [0.1, 0.15) is 0 Å². The molecule has 1 unspecified atom stereocenters. The van der Waals surface area contributed by atoms with Crippen molar-refractivity contribution in [3.63, 3.8) is 0 Å². The van der Waals surface area contributed by atoms with E-state index < -0.39 is 12.1 Å². The van der Waals surface area contributed by atoms with Crippen LogP contribution in [-0.2, 0) is 4.79 Å². The molecule has 0 rings (SSSR count). The fourth-order valence-corrected chi connectivity index (χ4v) is 3.77. The number of aliphatic hydroxyl groups is 2. The van der Waals surface area contributed by atoms with Crippen LogP contribution in [0.5, 0.6) is 0 Å². The molecule has 0 radical (unpaired) electrons. The van der Waals surface area contributed by atoms with Gasteiger partial charge in [0.2, 0.25) is 0 Å². The Morgan fingerprint density at radius 1 is 0.586 bits per heavy atom. The van der Waals surface area contributed by atoms with Crippen LogP contribution in [0.3, 0.4) is 0 Å². The Labute approximate surface area is 179 Å². The van der Waals surface area contributed by atoms with Gasteiger partial charge in [-0.2, -0.15) is 0 Å². The first kappa shape index (κ1) is 28.1. The SMILES string of the molecule is C=C(C(=O)O)C(O)CCCCCCCCCCCCCCCCCCCCCO. The minimum atomic E-state index is -1.10. The van der Waals surface area contributed by atoms with Gasteiger partial charge in [-0.15, -0.1) is 0 Å². The van der Waals surface area contributed by atoms with Crippen LogP contribution in [0.4, 0.5) is 0 Å². The summed E-state index contributed by atoms with van der Waals surface area (Å²) in [6.45, 7) is 3.75. The second kappa shape index (κ2) is 21.8. The Kier molecular flexibility index (Phi) is 21.2. The molecule has 3 N–H and O–H groups in total. The van der Waals surface area contributed by atoms with Crippen molar-refractivity contribution in [3.05, 3.63) is 12.2 Å². The van der Waals surface area contributed by atoms with Gasteiger partial charge >= 0.3 is 5.97 Å². The third kappa shape index (κ3) is 20.2. The monoisotopic (exact) mass is 412 g/mol. The number of rotatable bonds is 23. The molecule has 0 spiro atoms. The summed E-state index contributed by atoms with van der Waals surface area (Å²) in [6, 6.07) is 0. The van der Waals surface area contributed by atoms with Gasteiger partial charge in [-0.3, -0.25) is 0 Å². The summed E-state index contributed by atoms with van der Waals surface area (Å²) in [5.74, 6) is -1.10. The zero-order valence-electron chi connectivity index (χ0n) is 18.9. The van der Waals surface area contributed by atoms with Crippen molar-refractivity contribution in [1.82, 2.24) is 0 Å². The lowest BCUT2D eigenvalue weighted by Gasteiger charge is -2.09. The molecule has 0 aromatic heterocycles.